The summed E-state index contributed by atoms with van der Waals surface area (Å²) in [5, 5.41) is 0. The SMILES string of the molecule is CC1CC(N)CCN1CCN1CCOCC1. The van der Waals surface area contributed by atoms with Crippen LogP contribution in [0.1, 0.15) is 19.8 Å². The Balaban J connectivity index is 1.68. The summed E-state index contributed by atoms with van der Waals surface area (Å²) in [4.78, 5) is 5.09. The zero-order chi connectivity index (χ0) is 11.4. The molecule has 2 saturated heterocycles. The van der Waals surface area contributed by atoms with Crippen LogP contribution in [0.2, 0.25) is 0 Å². The van der Waals surface area contributed by atoms with E-state index in [0.29, 0.717) is 12.1 Å². The quantitative estimate of drug-likeness (QED) is 0.744. The van der Waals surface area contributed by atoms with Gasteiger partial charge in [0.15, 0.2) is 0 Å². The predicted molar refractivity (Wildman–Crippen MR) is 65.5 cm³/mol. The molecule has 0 aromatic heterocycles. The fraction of sp³-hybridized carbons (Fsp3) is 1.00. The molecule has 0 aromatic carbocycles. The van der Waals surface area contributed by atoms with Gasteiger partial charge in [0.1, 0.15) is 0 Å². The first-order valence-corrected chi connectivity index (χ1v) is 6.55. The first kappa shape index (κ1) is 12.3. The van der Waals surface area contributed by atoms with E-state index in [1.54, 1.807) is 0 Å². The van der Waals surface area contributed by atoms with Gasteiger partial charge in [-0.1, -0.05) is 0 Å². The van der Waals surface area contributed by atoms with E-state index >= 15 is 0 Å². The zero-order valence-corrected chi connectivity index (χ0v) is 10.4. The molecule has 0 amide bonds. The molecular formula is C12H25N3O. The van der Waals surface area contributed by atoms with E-state index in [9.17, 15) is 0 Å². The fourth-order valence-corrected chi connectivity index (χ4v) is 2.68. The lowest BCUT2D eigenvalue weighted by Gasteiger charge is -2.38. The summed E-state index contributed by atoms with van der Waals surface area (Å²) in [5.41, 5.74) is 5.97. The van der Waals surface area contributed by atoms with Crippen LogP contribution in [-0.4, -0.2) is 67.8 Å². The largest absolute Gasteiger partial charge is 0.379 e. The van der Waals surface area contributed by atoms with Crippen LogP contribution in [0, 0.1) is 0 Å². The molecule has 2 heterocycles. The molecule has 0 radical (unpaired) electrons. The minimum absolute atomic E-state index is 0.426. The highest BCUT2D eigenvalue weighted by Gasteiger charge is 2.23. The third kappa shape index (κ3) is 3.42. The van der Waals surface area contributed by atoms with Gasteiger partial charge in [-0.3, -0.25) is 9.80 Å². The Kier molecular flexibility index (Phi) is 4.58. The molecule has 2 fully saturated rings. The summed E-state index contributed by atoms with van der Waals surface area (Å²) in [5.74, 6) is 0. The minimum Gasteiger partial charge on any atom is -0.379 e. The molecule has 2 aliphatic heterocycles. The van der Waals surface area contributed by atoms with Gasteiger partial charge in [0.25, 0.3) is 0 Å². The highest BCUT2D eigenvalue weighted by molar-refractivity contribution is 4.81. The molecule has 2 atom stereocenters. The summed E-state index contributed by atoms with van der Waals surface area (Å²) < 4.78 is 5.35. The van der Waals surface area contributed by atoms with E-state index in [1.807, 2.05) is 0 Å². The van der Waals surface area contributed by atoms with E-state index in [2.05, 4.69) is 16.7 Å². The Hall–Kier alpha value is -0.160. The average Bonchev–Trinajstić information content (AvgIpc) is 2.29. The Morgan fingerprint density at radius 2 is 1.94 bits per heavy atom. The van der Waals surface area contributed by atoms with Gasteiger partial charge in [-0.25, -0.2) is 0 Å². The second kappa shape index (κ2) is 5.96. The monoisotopic (exact) mass is 227 g/mol. The van der Waals surface area contributed by atoms with E-state index in [0.717, 1.165) is 39.1 Å². The first-order valence-electron chi connectivity index (χ1n) is 6.55. The normalized spacial score (nSPS) is 34.1. The molecule has 0 spiro atoms. The molecule has 2 N–H and O–H groups in total. The van der Waals surface area contributed by atoms with Gasteiger partial charge in [0.05, 0.1) is 13.2 Å². The van der Waals surface area contributed by atoms with Crippen LogP contribution in [-0.2, 0) is 4.74 Å². The second-order valence-electron chi connectivity index (χ2n) is 5.12. The molecule has 0 aromatic rings. The summed E-state index contributed by atoms with van der Waals surface area (Å²) in [6.45, 7) is 9.85. The molecule has 2 aliphatic rings. The highest BCUT2D eigenvalue weighted by atomic mass is 16.5. The van der Waals surface area contributed by atoms with Crippen molar-refractivity contribution in [1.82, 2.24) is 9.80 Å². The molecule has 2 unspecified atom stereocenters. The van der Waals surface area contributed by atoms with Crippen molar-refractivity contribution in [1.29, 1.82) is 0 Å². The number of rotatable bonds is 3. The molecular weight excluding hydrogens is 202 g/mol. The molecule has 2 rings (SSSR count). The van der Waals surface area contributed by atoms with Crippen LogP contribution in [0.15, 0.2) is 0 Å². The van der Waals surface area contributed by atoms with Crippen LogP contribution in [0.5, 0.6) is 0 Å². The van der Waals surface area contributed by atoms with Gasteiger partial charge in [-0.15, -0.1) is 0 Å². The van der Waals surface area contributed by atoms with Crippen molar-refractivity contribution in [3.63, 3.8) is 0 Å². The van der Waals surface area contributed by atoms with Crippen LogP contribution in [0.3, 0.4) is 0 Å². The third-order valence-electron chi connectivity index (χ3n) is 3.86. The number of nitrogens with two attached hydrogens (primary N) is 1. The number of hydrogen-bond donors (Lipinski definition) is 1. The molecule has 4 nitrogen and oxygen atoms in total. The molecule has 0 aliphatic carbocycles. The summed E-state index contributed by atoms with van der Waals surface area (Å²) in [7, 11) is 0. The van der Waals surface area contributed by atoms with Crippen LogP contribution >= 0.6 is 0 Å². The maximum Gasteiger partial charge on any atom is 0.0594 e. The van der Waals surface area contributed by atoms with Crippen molar-refractivity contribution >= 4 is 0 Å². The molecule has 16 heavy (non-hydrogen) atoms. The first-order chi connectivity index (χ1) is 7.75. The smallest absolute Gasteiger partial charge is 0.0594 e. The van der Waals surface area contributed by atoms with Gasteiger partial charge in [-0.2, -0.15) is 0 Å². The molecule has 0 saturated carbocycles. The van der Waals surface area contributed by atoms with E-state index in [1.165, 1.54) is 19.6 Å². The van der Waals surface area contributed by atoms with Gasteiger partial charge < -0.3 is 10.5 Å². The summed E-state index contributed by atoms with van der Waals surface area (Å²) in [6.07, 6.45) is 2.32. The lowest BCUT2D eigenvalue weighted by atomic mass is 9.99. The standard InChI is InChI=1S/C12H25N3O/c1-11-10-12(13)2-3-15(11)5-4-14-6-8-16-9-7-14/h11-12H,2-10,13H2,1H3. The Labute approximate surface area is 98.7 Å². The molecule has 94 valence electrons. The van der Waals surface area contributed by atoms with Gasteiger partial charge in [0.2, 0.25) is 0 Å². The van der Waals surface area contributed by atoms with Crippen LogP contribution in [0.4, 0.5) is 0 Å². The molecule has 4 heteroatoms. The second-order valence-corrected chi connectivity index (χ2v) is 5.12. The number of ether oxygens (including phenoxy) is 1. The van der Waals surface area contributed by atoms with Crippen molar-refractivity contribution in [3.8, 4) is 0 Å². The predicted octanol–water partition coefficient (Wildman–Crippen LogP) is 0.130. The maximum absolute atomic E-state index is 5.97. The van der Waals surface area contributed by atoms with Gasteiger partial charge >= 0.3 is 0 Å². The van der Waals surface area contributed by atoms with Crippen LogP contribution in [0.25, 0.3) is 0 Å². The Morgan fingerprint density at radius 3 is 2.62 bits per heavy atom. The number of morpholine rings is 1. The topological polar surface area (TPSA) is 41.7 Å². The maximum atomic E-state index is 5.97. The highest BCUT2D eigenvalue weighted by Crippen LogP contribution is 2.15. The number of hydrogen-bond acceptors (Lipinski definition) is 4. The summed E-state index contributed by atoms with van der Waals surface area (Å²) >= 11 is 0. The van der Waals surface area contributed by atoms with Crippen molar-refractivity contribution in [2.24, 2.45) is 5.73 Å². The number of nitrogens with zero attached hydrogens (tertiary/aromatic N) is 2. The third-order valence-corrected chi connectivity index (χ3v) is 3.86. The average molecular weight is 227 g/mol. The molecule has 0 bridgehead atoms. The van der Waals surface area contributed by atoms with Crippen molar-refractivity contribution in [2.45, 2.75) is 31.8 Å². The summed E-state index contributed by atoms with van der Waals surface area (Å²) in [6, 6.07) is 1.08. The zero-order valence-electron chi connectivity index (χ0n) is 10.4. The lowest BCUT2D eigenvalue weighted by molar-refractivity contribution is 0.0286. The number of likely N-dealkylation sites (tertiary alicyclic amines) is 1. The fourth-order valence-electron chi connectivity index (χ4n) is 2.68. The van der Waals surface area contributed by atoms with E-state index in [-0.39, 0.29) is 0 Å². The number of piperidine rings is 1. The Morgan fingerprint density at radius 1 is 1.19 bits per heavy atom. The minimum atomic E-state index is 0.426. The van der Waals surface area contributed by atoms with Crippen molar-refractivity contribution in [2.75, 3.05) is 45.9 Å². The van der Waals surface area contributed by atoms with Crippen molar-refractivity contribution < 1.29 is 4.74 Å². The van der Waals surface area contributed by atoms with Crippen molar-refractivity contribution in [3.05, 3.63) is 0 Å². The van der Waals surface area contributed by atoms with Gasteiger partial charge in [-0.05, 0) is 26.3 Å². The van der Waals surface area contributed by atoms with Crippen LogP contribution < -0.4 is 5.73 Å². The van der Waals surface area contributed by atoms with E-state index in [4.69, 9.17) is 10.5 Å². The van der Waals surface area contributed by atoms with E-state index < -0.39 is 0 Å². The Bertz CT molecular complexity index is 206. The lowest BCUT2D eigenvalue weighted by Crippen LogP contribution is -2.49. The van der Waals surface area contributed by atoms with Gasteiger partial charge in [0, 0.05) is 38.3 Å².